The van der Waals surface area contributed by atoms with E-state index in [0.717, 1.165) is 30.9 Å². The first-order valence-corrected chi connectivity index (χ1v) is 9.55. The molecule has 1 aliphatic heterocycles. The topological polar surface area (TPSA) is 62.6 Å². The van der Waals surface area contributed by atoms with Crippen molar-refractivity contribution in [3.63, 3.8) is 0 Å². The van der Waals surface area contributed by atoms with Crippen molar-refractivity contribution < 1.29 is 0 Å². The fourth-order valence-corrected chi connectivity index (χ4v) is 4.04. The van der Waals surface area contributed by atoms with E-state index < -0.39 is 0 Å². The summed E-state index contributed by atoms with van der Waals surface area (Å²) in [5.41, 5.74) is 7.09. The van der Waals surface area contributed by atoms with Gasteiger partial charge in [0.2, 0.25) is 0 Å². The van der Waals surface area contributed by atoms with Gasteiger partial charge in [0.25, 0.3) is 0 Å². The van der Waals surface area contributed by atoms with E-state index in [1.807, 2.05) is 29.3 Å². The van der Waals surface area contributed by atoms with Gasteiger partial charge in [-0.15, -0.1) is 0 Å². The van der Waals surface area contributed by atoms with Gasteiger partial charge in [0.1, 0.15) is 0 Å². The molecule has 0 amide bonds. The van der Waals surface area contributed by atoms with Crippen molar-refractivity contribution in [2.45, 2.75) is 25.9 Å². The van der Waals surface area contributed by atoms with E-state index in [-0.39, 0.29) is 6.04 Å². The summed E-state index contributed by atoms with van der Waals surface area (Å²) >= 11 is 0. The Balaban J connectivity index is 1.45. The highest BCUT2D eigenvalue weighted by atomic mass is 15.3. The van der Waals surface area contributed by atoms with Crippen LogP contribution < -0.4 is 0 Å². The van der Waals surface area contributed by atoms with Crippen molar-refractivity contribution in [3.8, 4) is 5.69 Å². The fourth-order valence-electron chi connectivity index (χ4n) is 4.04. The molecule has 1 aromatic carbocycles. The predicted molar refractivity (Wildman–Crippen MR) is 107 cm³/mol. The lowest BCUT2D eigenvalue weighted by Gasteiger charge is -2.34. The van der Waals surface area contributed by atoms with E-state index in [9.17, 15) is 0 Å². The zero-order chi connectivity index (χ0) is 18.9. The van der Waals surface area contributed by atoms with E-state index in [0.29, 0.717) is 0 Å². The molecule has 1 N–H and O–H groups in total. The minimum absolute atomic E-state index is 0.125. The van der Waals surface area contributed by atoms with Gasteiger partial charge >= 0.3 is 0 Å². The number of rotatable bonds is 4. The third-order valence-corrected chi connectivity index (χ3v) is 5.43. The number of fused-ring (bicyclic) bond motifs is 1. The molecule has 6 heteroatoms. The summed E-state index contributed by atoms with van der Waals surface area (Å²) < 4.78 is 1.97. The molecule has 28 heavy (non-hydrogen) atoms. The highest BCUT2D eigenvalue weighted by Gasteiger charge is 2.31. The molecule has 0 aliphatic carbocycles. The lowest BCUT2D eigenvalue weighted by molar-refractivity contribution is 0.200. The Labute approximate surface area is 163 Å². The Morgan fingerprint density at radius 1 is 1.14 bits per heavy atom. The average molecular weight is 370 g/mol. The Kier molecular flexibility index (Phi) is 4.25. The van der Waals surface area contributed by atoms with E-state index in [1.54, 1.807) is 6.33 Å². The van der Waals surface area contributed by atoms with Crippen molar-refractivity contribution in [3.05, 3.63) is 95.6 Å². The van der Waals surface area contributed by atoms with Gasteiger partial charge in [-0.3, -0.25) is 9.88 Å². The number of nitrogens with zero attached hydrogens (tertiary/aromatic N) is 5. The lowest BCUT2D eigenvalue weighted by Crippen LogP contribution is -2.35. The van der Waals surface area contributed by atoms with Crippen LogP contribution in [0.2, 0.25) is 0 Å². The Morgan fingerprint density at radius 3 is 2.86 bits per heavy atom. The minimum Gasteiger partial charge on any atom is -0.348 e. The second kappa shape index (κ2) is 7.05. The van der Waals surface area contributed by atoms with Gasteiger partial charge in [-0.25, -0.2) is 9.67 Å². The third-order valence-electron chi connectivity index (χ3n) is 5.43. The summed E-state index contributed by atoms with van der Waals surface area (Å²) in [6.45, 7) is 3.91. The normalized spacial score (nSPS) is 16.8. The van der Waals surface area contributed by atoms with Crippen LogP contribution in [0.5, 0.6) is 0 Å². The number of aromatic amines is 1. The smallest absolute Gasteiger partial charge is 0.0926 e. The molecule has 4 aromatic rings. The van der Waals surface area contributed by atoms with E-state index in [4.69, 9.17) is 0 Å². The maximum absolute atomic E-state index is 4.63. The van der Waals surface area contributed by atoms with E-state index >= 15 is 0 Å². The number of aryl methyl sites for hydroxylation is 1. The van der Waals surface area contributed by atoms with Crippen LogP contribution in [0.15, 0.2) is 67.5 Å². The van der Waals surface area contributed by atoms with Gasteiger partial charge in [0, 0.05) is 49.4 Å². The summed E-state index contributed by atoms with van der Waals surface area (Å²) in [7, 11) is 0. The average Bonchev–Trinajstić information content (AvgIpc) is 3.38. The lowest BCUT2D eigenvalue weighted by atomic mass is 9.96. The number of benzene rings is 1. The number of H-pyrrole nitrogens is 1. The Bertz CT molecular complexity index is 1080. The zero-order valence-electron chi connectivity index (χ0n) is 15.8. The second-order valence-electron chi connectivity index (χ2n) is 7.25. The van der Waals surface area contributed by atoms with E-state index in [2.05, 4.69) is 68.4 Å². The molecule has 0 fully saturated rings. The molecule has 1 atom stereocenters. The maximum atomic E-state index is 4.63. The molecule has 6 nitrogen and oxygen atoms in total. The van der Waals surface area contributed by atoms with Crippen molar-refractivity contribution >= 4 is 0 Å². The molecule has 5 rings (SSSR count). The number of hydrogen-bond donors (Lipinski definition) is 1. The first kappa shape index (κ1) is 16.9. The number of hydrogen-bond acceptors (Lipinski definition) is 4. The van der Waals surface area contributed by atoms with Gasteiger partial charge in [0.15, 0.2) is 0 Å². The monoisotopic (exact) mass is 370 g/mol. The molecule has 1 unspecified atom stereocenters. The van der Waals surface area contributed by atoms with Crippen LogP contribution in [-0.4, -0.2) is 36.2 Å². The molecule has 4 heterocycles. The van der Waals surface area contributed by atoms with Gasteiger partial charge < -0.3 is 4.98 Å². The molecule has 0 spiro atoms. The van der Waals surface area contributed by atoms with Crippen molar-refractivity contribution in [2.24, 2.45) is 0 Å². The van der Waals surface area contributed by atoms with Gasteiger partial charge in [-0.2, -0.15) is 5.10 Å². The van der Waals surface area contributed by atoms with Crippen LogP contribution >= 0.6 is 0 Å². The molecule has 0 bridgehead atoms. The summed E-state index contributed by atoms with van der Waals surface area (Å²) in [4.78, 5) is 14.6. The predicted octanol–water partition coefficient (Wildman–Crippen LogP) is 3.45. The highest BCUT2D eigenvalue weighted by Crippen LogP contribution is 2.34. The first-order valence-electron chi connectivity index (χ1n) is 9.55. The summed E-state index contributed by atoms with van der Waals surface area (Å²) in [5, 5.41) is 4.60. The number of nitrogens with one attached hydrogen (secondary N) is 1. The van der Waals surface area contributed by atoms with Crippen molar-refractivity contribution in [2.75, 3.05) is 6.54 Å². The van der Waals surface area contributed by atoms with Crippen molar-refractivity contribution in [1.82, 2.24) is 29.6 Å². The van der Waals surface area contributed by atoms with Crippen LogP contribution in [0.4, 0.5) is 0 Å². The standard InChI is InChI=1S/C22H22N6/c1-16-4-2-3-5-20(16)28-14-17(12-26-28)13-27-11-8-19-21(25-15-24-19)22(27)18-6-9-23-10-7-18/h2-7,9-10,12,14-15,22H,8,11,13H2,1H3,(H,24,25). The van der Waals surface area contributed by atoms with Crippen molar-refractivity contribution in [1.29, 1.82) is 0 Å². The van der Waals surface area contributed by atoms with Crippen LogP contribution in [0, 0.1) is 6.92 Å². The van der Waals surface area contributed by atoms with Crippen LogP contribution in [0.1, 0.15) is 34.1 Å². The molecule has 0 saturated heterocycles. The maximum Gasteiger partial charge on any atom is 0.0926 e. The second-order valence-corrected chi connectivity index (χ2v) is 7.25. The van der Waals surface area contributed by atoms with Gasteiger partial charge in [-0.1, -0.05) is 18.2 Å². The largest absolute Gasteiger partial charge is 0.348 e. The summed E-state index contributed by atoms with van der Waals surface area (Å²) in [6.07, 6.45) is 10.6. The Hall–Kier alpha value is -3.25. The number of para-hydroxylation sites is 1. The van der Waals surface area contributed by atoms with Gasteiger partial charge in [0.05, 0.1) is 29.9 Å². The first-order chi connectivity index (χ1) is 13.8. The SMILES string of the molecule is Cc1ccccc1-n1cc(CN2CCc3[nH]cnc3C2c2ccncc2)cn1. The van der Waals surface area contributed by atoms with Crippen LogP contribution in [0.3, 0.4) is 0 Å². The Morgan fingerprint density at radius 2 is 2.00 bits per heavy atom. The minimum atomic E-state index is 0.125. The van der Waals surface area contributed by atoms with Crippen LogP contribution in [-0.2, 0) is 13.0 Å². The molecule has 1 aliphatic rings. The third kappa shape index (κ3) is 3.01. The highest BCUT2D eigenvalue weighted by molar-refractivity contribution is 5.39. The zero-order valence-corrected chi connectivity index (χ0v) is 15.8. The number of aromatic nitrogens is 5. The number of pyridine rings is 1. The van der Waals surface area contributed by atoms with Crippen LogP contribution in [0.25, 0.3) is 5.69 Å². The molecule has 0 radical (unpaired) electrons. The quantitative estimate of drug-likeness (QED) is 0.598. The van der Waals surface area contributed by atoms with Gasteiger partial charge in [-0.05, 0) is 36.2 Å². The number of imidazole rings is 1. The molecule has 140 valence electrons. The fraction of sp³-hybridized carbons (Fsp3) is 0.227. The molecule has 0 saturated carbocycles. The molecular formula is C22H22N6. The summed E-state index contributed by atoms with van der Waals surface area (Å²) in [6, 6.07) is 12.6. The summed E-state index contributed by atoms with van der Waals surface area (Å²) in [5.74, 6) is 0. The van der Waals surface area contributed by atoms with E-state index in [1.165, 1.54) is 22.4 Å². The molecule has 3 aromatic heterocycles. The molecular weight excluding hydrogens is 348 g/mol.